The molecule has 68 valence electrons. The summed E-state index contributed by atoms with van der Waals surface area (Å²) in [4.78, 5) is 7.61. The summed E-state index contributed by atoms with van der Waals surface area (Å²) in [6, 6.07) is 1.90. The van der Waals surface area contributed by atoms with Gasteiger partial charge < -0.3 is 0 Å². The molecule has 0 saturated carbocycles. The number of rotatable bonds is 2. The highest BCUT2D eigenvalue weighted by Crippen LogP contribution is 2.16. The molecule has 2 nitrogen and oxygen atoms in total. The molecular formula is C11H14N2. The molecule has 0 unspecified atom stereocenters. The summed E-state index contributed by atoms with van der Waals surface area (Å²) in [6.45, 7) is 13.2. The van der Waals surface area contributed by atoms with Gasteiger partial charge in [-0.3, -0.25) is 4.98 Å². The van der Waals surface area contributed by atoms with Crippen LogP contribution >= 0.6 is 0 Å². The molecule has 0 bridgehead atoms. The Kier molecular flexibility index (Phi) is 3.02. The number of hydrogen-bond acceptors (Lipinski definition) is 1. The van der Waals surface area contributed by atoms with E-state index in [0.717, 1.165) is 17.7 Å². The fraction of sp³-hybridized carbons (Fsp3) is 0.455. The molecule has 1 heterocycles. The summed E-state index contributed by atoms with van der Waals surface area (Å²) in [7, 11) is 0. The van der Waals surface area contributed by atoms with Gasteiger partial charge >= 0.3 is 0 Å². The van der Waals surface area contributed by atoms with E-state index in [0.29, 0.717) is 11.6 Å². The molecule has 0 aliphatic rings. The van der Waals surface area contributed by atoms with Gasteiger partial charge in [-0.05, 0) is 24.8 Å². The van der Waals surface area contributed by atoms with E-state index in [1.54, 1.807) is 6.20 Å². The SMILES string of the molecule is [C-]#[N+]c1cnc(CC(C)C)c(C)c1. The Hall–Kier alpha value is -1.36. The Labute approximate surface area is 79.4 Å². The monoisotopic (exact) mass is 174 g/mol. The van der Waals surface area contributed by atoms with E-state index in [9.17, 15) is 0 Å². The van der Waals surface area contributed by atoms with Crippen LogP contribution in [0, 0.1) is 19.4 Å². The van der Waals surface area contributed by atoms with Crippen molar-refractivity contribution in [3.05, 3.63) is 34.9 Å². The zero-order chi connectivity index (χ0) is 9.84. The topological polar surface area (TPSA) is 17.2 Å². The summed E-state index contributed by atoms with van der Waals surface area (Å²) >= 11 is 0. The summed E-state index contributed by atoms with van der Waals surface area (Å²) < 4.78 is 0. The van der Waals surface area contributed by atoms with Crippen LogP contribution in [0.3, 0.4) is 0 Å². The van der Waals surface area contributed by atoms with E-state index < -0.39 is 0 Å². The maximum Gasteiger partial charge on any atom is 0.205 e. The Morgan fingerprint density at radius 1 is 1.54 bits per heavy atom. The third-order valence-electron chi connectivity index (χ3n) is 1.90. The van der Waals surface area contributed by atoms with E-state index in [-0.39, 0.29) is 0 Å². The maximum atomic E-state index is 6.84. The molecular weight excluding hydrogens is 160 g/mol. The number of nitrogens with zero attached hydrogens (tertiary/aromatic N) is 2. The highest BCUT2D eigenvalue weighted by molar-refractivity contribution is 5.45. The second kappa shape index (κ2) is 4.04. The first kappa shape index (κ1) is 9.73. The Bertz CT molecular complexity index is 334. The molecule has 0 fully saturated rings. The van der Waals surface area contributed by atoms with E-state index >= 15 is 0 Å². The Morgan fingerprint density at radius 2 is 2.23 bits per heavy atom. The summed E-state index contributed by atoms with van der Waals surface area (Å²) in [5.74, 6) is 0.616. The van der Waals surface area contributed by atoms with Gasteiger partial charge in [0.05, 0.1) is 6.57 Å². The van der Waals surface area contributed by atoms with Crippen LogP contribution in [-0.4, -0.2) is 4.98 Å². The van der Waals surface area contributed by atoms with Gasteiger partial charge in [0.25, 0.3) is 0 Å². The van der Waals surface area contributed by atoms with Crippen molar-refractivity contribution < 1.29 is 0 Å². The first-order valence-electron chi connectivity index (χ1n) is 4.46. The van der Waals surface area contributed by atoms with Crippen LogP contribution in [0.5, 0.6) is 0 Å². The minimum absolute atomic E-state index is 0.616. The lowest BCUT2D eigenvalue weighted by atomic mass is 10.0. The van der Waals surface area contributed by atoms with Crippen molar-refractivity contribution >= 4 is 5.69 Å². The maximum absolute atomic E-state index is 6.84. The summed E-state index contributed by atoms with van der Waals surface area (Å²) in [5, 5.41) is 0. The first-order chi connectivity index (χ1) is 6.13. The van der Waals surface area contributed by atoms with Gasteiger partial charge in [-0.2, -0.15) is 0 Å². The van der Waals surface area contributed by atoms with Crippen LogP contribution in [-0.2, 0) is 6.42 Å². The normalized spacial score (nSPS) is 10.1. The van der Waals surface area contributed by atoms with Crippen LogP contribution in [0.1, 0.15) is 25.1 Å². The van der Waals surface area contributed by atoms with Crippen molar-refractivity contribution in [3.63, 3.8) is 0 Å². The molecule has 0 saturated heterocycles. The Morgan fingerprint density at radius 3 is 2.69 bits per heavy atom. The average Bonchev–Trinajstić information content (AvgIpc) is 2.08. The van der Waals surface area contributed by atoms with E-state index in [1.165, 1.54) is 0 Å². The summed E-state index contributed by atoms with van der Waals surface area (Å²) in [6.07, 6.45) is 2.64. The van der Waals surface area contributed by atoms with Gasteiger partial charge in [0.15, 0.2) is 0 Å². The molecule has 0 N–H and O–H groups in total. The molecule has 0 aromatic carbocycles. The van der Waals surface area contributed by atoms with Crippen LogP contribution in [0.15, 0.2) is 12.3 Å². The predicted molar refractivity (Wildman–Crippen MR) is 53.8 cm³/mol. The molecule has 0 aliphatic carbocycles. The van der Waals surface area contributed by atoms with E-state index in [2.05, 4.69) is 23.7 Å². The lowest BCUT2D eigenvalue weighted by Crippen LogP contribution is -1.99. The van der Waals surface area contributed by atoms with E-state index in [4.69, 9.17) is 6.57 Å². The fourth-order valence-electron chi connectivity index (χ4n) is 1.25. The van der Waals surface area contributed by atoms with Crippen LogP contribution in [0.25, 0.3) is 4.85 Å². The van der Waals surface area contributed by atoms with Crippen molar-refractivity contribution in [2.45, 2.75) is 27.2 Å². The van der Waals surface area contributed by atoms with Crippen molar-refractivity contribution in [3.8, 4) is 0 Å². The summed E-state index contributed by atoms with van der Waals surface area (Å²) in [5.41, 5.74) is 2.87. The lowest BCUT2D eigenvalue weighted by molar-refractivity contribution is 0.632. The van der Waals surface area contributed by atoms with Crippen molar-refractivity contribution in [2.24, 2.45) is 5.92 Å². The van der Waals surface area contributed by atoms with Crippen molar-refractivity contribution in [1.29, 1.82) is 0 Å². The lowest BCUT2D eigenvalue weighted by Gasteiger charge is -2.07. The highest BCUT2D eigenvalue weighted by Gasteiger charge is 2.03. The predicted octanol–water partition coefficient (Wildman–Crippen LogP) is 3.14. The highest BCUT2D eigenvalue weighted by atomic mass is 14.7. The molecule has 0 radical (unpaired) electrons. The number of aryl methyl sites for hydroxylation is 1. The molecule has 1 rings (SSSR count). The zero-order valence-corrected chi connectivity index (χ0v) is 8.33. The number of pyridine rings is 1. The standard InChI is InChI=1S/C11H14N2/c1-8(2)5-11-9(3)6-10(12-4)7-13-11/h6-8H,5H2,1-3H3. The minimum atomic E-state index is 0.616. The number of aromatic nitrogens is 1. The largest absolute Gasteiger partial charge is 0.273 e. The Balaban J connectivity index is 2.93. The van der Waals surface area contributed by atoms with Crippen molar-refractivity contribution in [2.75, 3.05) is 0 Å². The molecule has 0 spiro atoms. The molecule has 2 heteroatoms. The molecule has 0 amide bonds. The molecule has 1 aromatic heterocycles. The third-order valence-corrected chi connectivity index (χ3v) is 1.90. The van der Waals surface area contributed by atoms with Gasteiger partial charge in [-0.15, -0.1) is 0 Å². The van der Waals surface area contributed by atoms with Crippen molar-refractivity contribution in [1.82, 2.24) is 4.98 Å². The number of hydrogen-bond donors (Lipinski definition) is 0. The van der Waals surface area contributed by atoms with Crippen LogP contribution in [0.2, 0.25) is 0 Å². The smallest absolute Gasteiger partial charge is 0.205 e. The van der Waals surface area contributed by atoms with Crippen LogP contribution in [0.4, 0.5) is 5.69 Å². The molecule has 0 atom stereocenters. The van der Waals surface area contributed by atoms with Crippen LogP contribution < -0.4 is 0 Å². The van der Waals surface area contributed by atoms with Gasteiger partial charge in [0, 0.05) is 11.9 Å². The third kappa shape index (κ3) is 2.55. The quantitative estimate of drug-likeness (QED) is 0.629. The van der Waals surface area contributed by atoms with Gasteiger partial charge in [0.2, 0.25) is 5.69 Å². The minimum Gasteiger partial charge on any atom is -0.273 e. The second-order valence-corrected chi connectivity index (χ2v) is 3.67. The van der Waals surface area contributed by atoms with Gasteiger partial charge in [-0.25, -0.2) is 4.85 Å². The second-order valence-electron chi connectivity index (χ2n) is 3.67. The molecule has 13 heavy (non-hydrogen) atoms. The van der Waals surface area contributed by atoms with Gasteiger partial charge in [0.1, 0.15) is 0 Å². The van der Waals surface area contributed by atoms with Gasteiger partial charge in [-0.1, -0.05) is 19.9 Å². The average molecular weight is 174 g/mol. The molecule has 1 aromatic rings. The molecule has 0 aliphatic heterocycles. The zero-order valence-electron chi connectivity index (χ0n) is 8.33. The first-order valence-corrected chi connectivity index (χ1v) is 4.46. The van der Waals surface area contributed by atoms with E-state index in [1.807, 2.05) is 13.0 Å². The fourth-order valence-corrected chi connectivity index (χ4v) is 1.25.